The molecule has 5 rings (SSSR count). The third kappa shape index (κ3) is 2.80. The first-order valence-corrected chi connectivity index (χ1v) is 13.8. The molecule has 188 valence electrons. The molecule has 3 nitrogen and oxygen atoms in total. The summed E-state index contributed by atoms with van der Waals surface area (Å²) in [5.74, 6) is 1.99. The molecule has 0 amide bonds. The van der Waals surface area contributed by atoms with E-state index >= 15 is 0 Å². The van der Waals surface area contributed by atoms with Gasteiger partial charge in [0.05, 0.1) is 18.3 Å². The van der Waals surface area contributed by atoms with E-state index in [9.17, 15) is 15.3 Å². The number of aliphatic hydroxyl groups excluding tert-OH is 3. The molecule has 33 heavy (non-hydrogen) atoms. The normalized spacial score (nSPS) is 59.7. The molecular weight excluding hydrogens is 408 g/mol. The lowest BCUT2D eigenvalue weighted by Gasteiger charge is -2.74. The standard InChI is InChI=1S/C30H50O3/c1-17(2)18-9-11-27(5)13-14-28(6)19(24(18)27)15-20(31)25-29(28,7)12-10-21-26(3,4)22(32)16-23(33)30(21,25)8/h18-25,31-33H,1,9-16H2,2-8H3/t18-,19+,20+,21-,22-,23+,24+,25-,27+,28+,29+,30+/m0/s1. The molecule has 0 aromatic heterocycles. The number of fused-ring (bicyclic) bond motifs is 7. The molecule has 0 spiro atoms. The average Bonchev–Trinajstić information content (AvgIpc) is 3.06. The van der Waals surface area contributed by atoms with E-state index in [-0.39, 0.29) is 33.5 Å². The SMILES string of the molecule is C=C(C)[C@@H]1CC[C@]2(C)CC[C@]3(C)[C@H](C[C@@H](O)[C@@H]4[C@@]5(C)[C@H](O)C[C@H](O)C(C)(C)[C@@H]5CC[C@]43C)[C@@H]12. The lowest BCUT2D eigenvalue weighted by atomic mass is 9.31. The first-order chi connectivity index (χ1) is 15.1. The van der Waals surface area contributed by atoms with Crippen molar-refractivity contribution in [3.8, 4) is 0 Å². The molecule has 0 aromatic rings. The highest BCUT2D eigenvalue weighted by Gasteiger charge is 2.73. The quantitative estimate of drug-likeness (QED) is 0.425. The van der Waals surface area contributed by atoms with E-state index < -0.39 is 18.3 Å². The van der Waals surface area contributed by atoms with Crippen LogP contribution in [-0.2, 0) is 0 Å². The van der Waals surface area contributed by atoms with Crippen LogP contribution < -0.4 is 0 Å². The van der Waals surface area contributed by atoms with Crippen LogP contribution >= 0.6 is 0 Å². The van der Waals surface area contributed by atoms with Gasteiger partial charge in [-0.1, -0.05) is 53.7 Å². The molecule has 0 saturated heterocycles. The van der Waals surface area contributed by atoms with Crippen molar-refractivity contribution in [3.05, 3.63) is 12.2 Å². The Kier molecular flexibility index (Phi) is 5.23. The van der Waals surface area contributed by atoms with Crippen molar-refractivity contribution < 1.29 is 15.3 Å². The first kappa shape index (κ1) is 24.3. The number of hydrogen-bond acceptors (Lipinski definition) is 3. The summed E-state index contributed by atoms with van der Waals surface area (Å²) in [5.41, 5.74) is 1.25. The fourth-order valence-electron chi connectivity index (χ4n) is 11.5. The number of allylic oxidation sites excluding steroid dienone is 1. The molecule has 5 aliphatic rings. The van der Waals surface area contributed by atoms with Gasteiger partial charge in [0.15, 0.2) is 0 Å². The Balaban J connectivity index is 1.61. The summed E-state index contributed by atoms with van der Waals surface area (Å²) in [6.45, 7) is 20.9. The van der Waals surface area contributed by atoms with Gasteiger partial charge in [-0.05, 0) is 103 Å². The van der Waals surface area contributed by atoms with Crippen molar-refractivity contribution in [3.63, 3.8) is 0 Å². The Morgan fingerprint density at radius 1 is 0.788 bits per heavy atom. The number of hydrogen-bond donors (Lipinski definition) is 3. The molecule has 5 fully saturated rings. The fraction of sp³-hybridized carbons (Fsp3) is 0.933. The van der Waals surface area contributed by atoms with Crippen LogP contribution in [0.15, 0.2) is 12.2 Å². The third-order valence-electron chi connectivity index (χ3n) is 13.5. The van der Waals surface area contributed by atoms with Gasteiger partial charge in [-0.2, -0.15) is 0 Å². The van der Waals surface area contributed by atoms with E-state index in [0.717, 1.165) is 19.3 Å². The second-order valence-electron chi connectivity index (χ2n) is 14.9. The minimum absolute atomic E-state index is 0.0104. The maximum absolute atomic E-state index is 12.0. The zero-order valence-corrected chi connectivity index (χ0v) is 22.3. The van der Waals surface area contributed by atoms with E-state index in [1.54, 1.807) is 0 Å². The molecular formula is C30H50O3. The third-order valence-corrected chi connectivity index (χ3v) is 13.5. The summed E-state index contributed by atoms with van der Waals surface area (Å²) in [7, 11) is 0. The highest BCUT2D eigenvalue weighted by Crippen LogP contribution is 2.77. The summed E-state index contributed by atoms with van der Waals surface area (Å²) in [4.78, 5) is 0. The van der Waals surface area contributed by atoms with Crippen molar-refractivity contribution in [1.82, 2.24) is 0 Å². The van der Waals surface area contributed by atoms with E-state index in [2.05, 4.69) is 55.0 Å². The average molecular weight is 459 g/mol. The highest BCUT2D eigenvalue weighted by molar-refractivity contribution is 5.23. The van der Waals surface area contributed by atoms with Crippen molar-refractivity contribution in [2.45, 2.75) is 118 Å². The Bertz CT molecular complexity index is 834. The van der Waals surface area contributed by atoms with Crippen molar-refractivity contribution in [1.29, 1.82) is 0 Å². The Morgan fingerprint density at radius 2 is 1.45 bits per heavy atom. The summed E-state index contributed by atoms with van der Waals surface area (Å²) >= 11 is 0. The van der Waals surface area contributed by atoms with Gasteiger partial charge in [-0.15, -0.1) is 0 Å². The Morgan fingerprint density at radius 3 is 2.09 bits per heavy atom. The molecule has 0 radical (unpaired) electrons. The molecule has 12 atom stereocenters. The molecule has 3 N–H and O–H groups in total. The van der Waals surface area contributed by atoms with Crippen LogP contribution in [0.25, 0.3) is 0 Å². The summed E-state index contributed by atoms with van der Waals surface area (Å²) in [6, 6.07) is 0. The van der Waals surface area contributed by atoms with Crippen LogP contribution in [0.2, 0.25) is 0 Å². The minimum Gasteiger partial charge on any atom is -0.393 e. The lowest BCUT2D eigenvalue weighted by molar-refractivity contribution is -0.298. The largest absolute Gasteiger partial charge is 0.393 e. The van der Waals surface area contributed by atoms with Crippen LogP contribution in [0.1, 0.15) is 99.8 Å². The Hall–Kier alpha value is -0.380. The van der Waals surface area contributed by atoms with Crippen molar-refractivity contribution >= 4 is 0 Å². The van der Waals surface area contributed by atoms with Gasteiger partial charge in [0.25, 0.3) is 0 Å². The van der Waals surface area contributed by atoms with Gasteiger partial charge >= 0.3 is 0 Å². The maximum atomic E-state index is 12.0. The van der Waals surface area contributed by atoms with Crippen LogP contribution in [0, 0.1) is 56.7 Å². The van der Waals surface area contributed by atoms with Crippen LogP contribution in [0.4, 0.5) is 0 Å². The molecule has 0 bridgehead atoms. The zero-order valence-electron chi connectivity index (χ0n) is 22.3. The van der Waals surface area contributed by atoms with Gasteiger partial charge < -0.3 is 15.3 Å². The molecule has 0 aliphatic heterocycles. The summed E-state index contributed by atoms with van der Waals surface area (Å²) < 4.78 is 0. The lowest BCUT2D eigenvalue weighted by Crippen LogP contribution is -2.72. The second kappa shape index (κ2) is 7.10. The van der Waals surface area contributed by atoms with Gasteiger partial charge in [-0.3, -0.25) is 0 Å². The van der Waals surface area contributed by atoms with E-state index in [0.29, 0.717) is 29.6 Å². The van der Waals surface area contributed by atoms with Crippen molar-refractivity contribution in [2.24, 2.45) is 56.7 Å². The Labute approximate surface area is 202 Å². The molecule has 0 unspecified atom stereocenters. The monoisotopic (exact) mass is 458 g/mol. The second-order valence-corrected chi connectivity index (χ2v) is 14.9. The molecule has 5 saturated carbocycles. The predicted octanol–water partition coefficient (Wildman–Crippen LogP) is 5.97. The summed E-state index contributed by atoms with van der Waals surface area (Å²) in [5, 5.41) is 34.5. The topological polar surface area (TPSA) is 60.7 Å². The smallest absolute Gasteiger partial charge is 0.0625 e. The van der Waals surface area contributed by atoms with Crippen LogP contribution in [0.3, 0.4) is 0 Å². The molecule has 3 heteroatoms. The molecule has 0 heterocycles. The van der Waals surface area contributed by atoms with Crippen LogP contribution in [0.5, 0.6) is 0 Å². The van der Waals surface area contributed by atoms with Gasteiger partial charge in [0.1, 0.15) is 0 Å². The number of aliphatic hydroxyl groups is 3. The number of rotatable bonds is 1. The predicted molar refractivity (Wildman–Crippen MR) is 133 cm³/mol. The van der Waals surface area contributed by atoms with E-state index in [1.807, 2.05) is 0 Å². The van der Waals surface area contributed by atoms with Gasteiger partial charge in [-0.25, -0.2) is 0 Å². The first-order valence-electron chi connectivity index (χ1n) is 13.8. The van der Waals surface area contributed by atoms with E-state index in [4.69, 9.17) is 0 Å². The molecule has 0 aromatic carbocycles. The summed E-state index contributed by atoms with van der Waals surface area (Å²) in [6.07, 6.45) is 7.03. The maximum Gasteiger partial charge on any atom is 0.0625 e. The fourth-order valence-corrected chi connectivity index (χ4v) is 11.5. The van der Waals surface area contributed by atoms with Crippen molar-refractivity contribution in [2.75, 3.05) is 0 Å². The van der Waals surface area contributed by atoms with Crippen LogP contribution in [-0.4, -0.2) is 33.6 Å². The van der Waals surface area contributed by atoms with Gasteiger partial charge in [0.2, 0.25) is 0 Å². The molecule has 5 aliphatic carbocycles. The highest BCUT2D eigenvalue weighted by atomic mass is 16.3. The van der Waals surface area contributed by atoms with Gasteiger partial charge in [0, 0.05) is 11.8 Å². The zero-order chi connectivity index (χ0) is 24.4. The van der Waals surface area contributed by atoms with E-state index in [1.165, 1.54) is 31.3 Å². The minimum atomic E-state index is -0.562.